The molecular weight excluding hydrogens is 380 g/mol. The highest BCUT2D eigenvalue weighted by Crippen LogP contribution is 2.28. The zero-order valence-corrected chi connectivity index (χ0v) is 17.2. The summed E-state index contributed by atoms with van der Waals surface area (Å²) in [5.74, 6) is 0.132. The average molecular weight is 404 g/mol. The molecule has 5 heterocycles. The van der Waals surface area contributed by atoms with Crippen molar-refractivity contribution in [1.82, 2.24) is 28.6 Å². The molecule has 0 aliphatic carbocycles. The summed E-state index contributed by atoms with van der Waals surface area (Å²) in [4.78, 5) is 32.1. The number of carbonyl (C=O) groups excluding carboxylic acids is 1. The largest absolute Gasteiger partial charge is 0.341 e. The van der Waals surface area contributed by atoms with Gasteiger partial charge in [-0.25, -0.2) is 14.3 Å². The highest BCUT2D eigenvalue weighted by Gasteiger charge is 2.28. The summed E-state index contributed by atoms with van der Waals surface area (Å²) in [6.07, 6.45) is 5.92. The highest BCUT2D eigenvalue weighted by molar-refractivity contribution is 5.82. The number of hydrogen-bond acceptors (Lipinski definition) is 4. The van der Waals surface area contributed by atoms with Crippen LogP contribution in [0.4, 0.5) is 0 Å². The maximum atomic E-state index is 13.1. The molecule has 4 aromatic rings. The van der Waals surface area contributed by atoms with Crippen molar-refractivity contribution in [3.05, 3.63) is 53.2 Å². The molecule has 1 atom stereocenters. The second kappa shape index (κ2) is 7.12. The van der Waals surface area contributed by atoms with Crippen molar-refractivity contribution < 1.29 is 4.79 Å². The molecule has 0 bridgehead atoms. The van der Waals surface area contributed by atoms with Crippen molar-refractivity contribution in [2.75, 3.05) is 13.1 Å². The average Bonchev–Trinajstić information content (AvgIpc) is 3.32. The van der Waals surface area contributed by atoms with E-state index in [1.165, 1.54) is 0 Å². The first-order valence-electron chi connectivity index (χ1n) is 10.4. The standard InChI is InChI=1S/C22H24N6O2/c1-3-20(29)26-11-6-7-15(14-26)28-21-19(25(2)22(28)30)10-9-17(24-21)16-13-23-27-12-5-4-8-18(16)27/h4-5,8-10,12-13,15H,3,6-7,11,14H2,1-2H3/t15-/m0/s1. The van der Waals surface area contributed by atoms with Crippen LogP contribution in [-0.4, -0.2) is 47.6 Å². The SMILES string of the molecule is CCC(=O)N1CCC[C@H](n2c(=O)n(C)c3ccc(-c4cnn5ccccc45)nc32)C1. The van der Waals surface area contributed by atoms with Crippen LogP contribution in [0.3, 0.4) is 0 Å². The third kappa shape index (κ3) is 2.82. The van der Waals surface area contributed by atoms with Gasteiger partial charge in [0.05, 0.1) is 29.0 Å². The monoisotopic (exact) mass is 404 g/mol. The summed E-state index contributed by atoms with van der Waals surface area (Å²) >= 11 is 0. The van der Waals surface area contributed by atoms with Gasteiger partial charge in [-0.3, -0.25) is 13.9 Å². The summed E-state index contributed by atoms with van der Waals surface area (Å²) in [5.41, 5.74) is 4.02. The first-order valence-corrected chi connectivity index (χ1v) is 10.4. The molecule has 1 aliphatic rings. The number of nitrogens with zero attached hydrogens (tertiary/aromatic N) is 6. The number of imidazole rings is 1. The molecule has 0 N–H and O–H groups in total. The molecule has 154 valence electrons. The Morgan fingerprint density at radius 1 is 1.20 bits per heavy atom. The number of aromatic nitrogens is 5. The van der Waals surface area contributed by atoms with E-state index in [0.29, 0.717) is 18.6 Å². The minimum Gasteiger partial charge on any atom is -0.341 e. The van der Waals surface area contributed by atoms with Gasteiger partial charge >= 0.3 is 5.69 Å². The van der Waals surface area contributed by atoms with Crippen LogP contribution in [0, 0.1) is 0 Å². The van der Waals surface area contributed by atoms with Crippen LogP contribution >= 0.6 is 0 Å². The number of aryl methyl sites for hydroxylation is 1. The zero-order chi connectivity index (χ0) is 20.8. The van der Waals surface area contributed by atoms with Crippen molar-refractivity contribution >= 4 is 22.6 Å². The number of carbonyl (C=O) groups is 1. The van der Waals surface area contributed by atoms with E-state index < -0.39 is 0 Å². The molecule has 1 fully saturated rings. The lowest BCUT2D eigenvalue weighted by atomic mass is 10.1. The van der Waals surface area contributed by atoms with E-state index >= 15 is 0 Å². The summed E-state index contributed by atoms with van der Waals surface area (Å²) in [6, 6.07) is 9.71. The van der Waals surface area contributed by atoms with E-state index in [2.05, 4.69) is 5.10 Å². The molecule has 0 unspecified atom stereocenters. The number of fused-ring (bicyclic) bond motifs is 2. The predicted octanol–water partition coefficient (Wildman–Crippen LogP) is 2.62. The highest BCUT2D eigenvalue weighted by atomic mass is 16.2. The van der Waals surface area contributed by atoms with Crippen LogP contribution in [-0.2, 0) is 11.8 Å². The fraction of sp³-hybridized carbons (Fsp3) is 0.364. The van der Waals surface area contributed by atoms with Crippen LogP contribution in [0.5, 0.6) is 0 Å². The molecule has 8 heteroatoms. The Morgan fingerprint density at radius 2 is 2.07 bits per heavy atom. The number of hydrogen-bond donors (Lipinski definition) is 0. The van der Waals surface area contributed by atoms with E-state index in [1.54, 1.807) is 22.4 Å². The topological polar surface area (TPSA) is 77.4 Å². The molecule has 0 saturated carbocycles. The number of likely N-dealkylation sites (tertiary alicyclic amines) is 1. The van der Waals surface area contributed by atoms with Crippen LogP contribution in [0.15, 0.2) is 47.5 Å². The summed E-state index contributed by atoms with van der Waals surface area (Å²) < 4.78 is 5.23. The fourth-order valence-electron chi connectivity index (χ4n) is 4.46. The number of pyridine rings is 2. The lowest BCUT2D eigenvalue weighted by Gasteiger charge is -2.33. The third-order valence-electron chi connectivity index (χ3n) is 6.06. The second-order valence-electron chi connectivity index (χ2n) is 7.83. The Morgan fingerprint density at radius 3 is 2.90 bits per heavy atom. The number of piperidine rings is 1. The molecular formula is C22H24N6O2. The van der Waals surface area contributed by atoms with Crippen LogP contribution in [0.2, 0.25) is 0 Å². The van der Waals surface area contributed by atoms with Crippen LogP contribution in [0.1, 0.15) is 32.2 Å². The summed E-state index contributed by atoms with van der Waals surface area (Å²) in [6.45, 7) is 3.18. The first-order chi connectivity index (χ1) is 14.6. The molecule has 0 radical (unpaired) electrons. The normalized spacial score (nSPS) is 17.1. The van der Waals surface area contributed by atoms with E-state index in [-0.39, 0.29) is 17.6 Å². The van der Waals surface area contributed by atoms with Gasteiger partial charge in [-0.05, 0) is 37.1 Å². The Labute approximate surface area is 173 Å². The van der Waals surface area contributed by atoms with Gasteiger partial charge in [0.25, 0.3) is 0 Å². The Hall–Kier alpha value is -3.42. The molecule has 1 aliphatic heterocycles. The van der Waals surface area contributed by atoms with Crippen LogP contribution in [0.25, 0.3) is 27.9 Å². The number of amides is 1. The minimum atomic E-state index is -0.0923. The van der Waals surface area contributed by atoms with Gasteiger partial charge in [0.1, 0.15) is 0 Å². The van der Waals surface area contributed by atoms with Crippen molar-refractivity contribution in [2.24, 2.45) is 7.05 Å². The third-order valence-corrected chi connectivity index (χ3v) is 6.06. The number of rotatable bonds is 3. The first kappa shape index (κ1) is 18.6. The fourth-order valence-corrected chi connectivity index (χ4v) is 4.46. The molecule has 1 amide bonds. The van der Waals surface area contributed by atoms with E-state index in [0.717, 1.165) is 41.7 Å². The predicted molar refractivity (Wildman–Crippen MR) is 114 cm³/mol. The van der Waals surface area contributed by atoms with Gasteiger partial charge < -0.3 is 4.90 Å². The van der Waals surface area contributed by atoms with Crippen molar-refractivity contribution in [3.8, 4) is 11.3 Å². The maximum Gasteiger partial charge on any atom is 0.330 e. The Bertz CT molecular complexity index is 1310. The summed E-state index contributed by atoms with van der Waals surface area (Å²) in [7, 11) is 1.77. The second-order valence-corrected chi connectivity index (χ2v) is 7.83. The molecule has 5 rings (SSSR count). The van der Waals surface area contributed by atoms with Crippen molar-refractivity contribution in [3.63, 3.8) is 0 Å². The molecule has 0 spiro atoms. The van der Waals surface area contributed by atoms with Gasteiger partial charge in [-0.2, -0.15) is 5.10 Å². The smallest absolute Gasteiger partial charge is 0.330 e. The van der Waals surface area contributed by atoms with Crippen molar-refractivity contribution in [1.29, 1.82) is 0 Å². The maximum absolute atomic E-state index is 13.1. The minimum absolute atomic E-state index is 0.0721. The molecule has 30 heavy (non-hydrogen) atoms. The summed E-state index contributed by atoms with van der Waals surface area (Å²) in [5, 5.41) is 4.41. The molecule has 0 aromatic carbocycles. The zero-order valence-electron chi connectivity index (χ0n) is 17.2. The van der Waals surface area contributed by atoms with Crippen LogP contribution < -0.4 is 5.69 Å². The van der Waals surface area contributed by atoms with Gasteiger partial charge in [-0.1, -0.05) is 13.0 Å². The quantitative estimate of drug-likeness (QED) is 0.526. The molecule has 1 saturated heterocycles. The van der Waals surface area contributed by atoms with Gasteiger partial charge in [0, 0.05) is 38.3 Å². The molecule has 8 nitrogen and oxygen atoms in total. The van der Waals surface area contributed by atoms with Gasteiger partial charge in [-0.15, -0.1) is 0 Å². The lowest BCUT2D eigenvalue weighted by Crippen LogP contribution is -2.42. The Kier molecular flexibility index (Phi) is 4.42. The van der Waals surface area contributed by atoms with Gasteiger partial charge in [0.15, 0.2) is 5.65 Å². The van der Waals surface area contributed by atoms with E-state index in [1.807, 2.05) is 52.9 Å². The molecule has 4 aromatic heterocycles. The van der Waals surface area contributed by atoms with E-state index in [4.69, 9.17) is 4.98 Å². The van der Waals surface area contributed by atoms with E-state index in [9.17, 15) is 9.59 Å². The Balaban J connectivity index is 1.64. The van der Waals surface area contributed by atoms with Gasteiger partial charge in [0.2, 0.25) is 5.91 Å². The van der Waals surface area contributed by atoms with Crippen molar-refractivity contribution in [2.45, 2.75) is 32.2 Å². The lowest BCUT2D eigenvalue weighted by molar-refractivity contribution is -0.132.